The number of nitrogens with zero attached hydrogens (tertiary/aromatic N) is 1. The first-order chi connectivity index (χ1) is 13.8. The van der Waals surface area contributed by atoms with Crippen molar-refractivity contribution >= 4 is 11.6 Å². The SMILES string of the molecule is Cc1ccc(NC(=O)CCN2CC[C@@]3(C)c4cc(O)ccc4C[C@@H]2[C@@H]3C)c(C)c1. The van der Waals surface area contributed by atoms with Gasteiger partial charge in [-0.25, -0.2) is 0 Å². The number of likely N-dealkylation sites (tertiary alicyclic amines) is 1. The van der Waals surface area contributed by atoms with Crippen molar-refractivity contribution in [3.8, 4) is 5.75 Å². The molecule has 0 aromatic heterocycles. The van der Waals surface area contributed by atoms with Crippen LogP contribution in [0.25, 0.3) is 0 Å². The second-order valence-corrected chi connectivity index (χ2v) is 9.22. The van der Waals surface area contributed by atoms with Crippen molar-refractivity contribution < 1.29 is 9.90 Å². The fourth-order valence-corrected chi connectivity index (χ4v) is 5.38. The molecule has 1 aliphatic carbocycles. The van der Waals surface area contributed by atoms with E-state index in [1.165, 1.54) is 16.7 Å². The number of benzene rings is 2. The Balaban J connectivity index is 1.43. The lowest BCUT2D eigenvalue weighted by atomic mass is 9.59. The van der Waals surface area contributed by atoms with Gasteiger partial charge in [-0.3, -0.25) is 9.69 Å². The molecule has 3 atom stereocenters. The van der Waals surface area contributed by atoms with E-state index in [0.29, 0.717) is 24.1 Å². The number of phenols is 1. The van der Waals surface area contributed by atoms with E-state index in [1.54, 1.807) is 6.07 Å². The molecule has 2 aromatic rings. The molecule has 4 heteroatoms. The van der Waals surface area contributed by atoms with E-state index in [1.807, 2.05) is 25.1 Å². The molecular formula is C25H32N2O2. The molecule has 1 aliphatic heterocycles. The van der Waals surface area contributed by atoms with Gasteiger partial charge in [0.05, 0.1) is 0 Å². The number of carbonyl (C=O) groups excluding carboxylic acids is 1. The molecule has 154 valence electrons. The van der Waals surface area contributed by atoms with Crippen LogP contribution in [0.5, 0.6) is 5.75 Å². The third kappa shape index (κ3) is 3.66. The van der Waals surface area contributed by atoms with Crippen molar-refractivity contribution in [1.82, 2.24) is 4.90 Å². The number of amides is 1. The summed E-state index contributed by atoms with van der Waals surface area (Å²) >= 11 is 0. The Kier molecular flexibility index (Phi) is 5.16. The monoisotopic (exact) mass is 392 g/mol. The van der Waals surface area contributed by atoms with E-state index >= 15 is 0 Å². The molecule has 0 radical (unpaired) electrons. The van der Waals surface area contributed by atoms with Gasteiger partial charge >= 0.3 is 0 Å². The van der Waals surface area contributed by atoms with Crippen molar-refractivity contribution in [2.45, 2.75) is 58.4 Å². The van der Waals surface area contributed by atoms with E-state index < -0.39 is 0 Å². The number of rotatable bonds is 4. The van der Waals surface area contributed by atoms with Gasteiger partial charge in [-0.1, -0.05) is 37.6 Å². The minimum atomic E-state index is 0.0825. The van der Waals surface area contributed by atoms with Gasteiger partial charge in [0.15, 0.2) is 0 Å². The molecule has 0 spiro atoms. The lowest BCUT2D eigenvalue weighted by Crippen LogP contribution is -2.58. The molecule has 1 amide bonds. The summed E-state index contributed by atoms with van der Waals surface area (Å²) < 4.78 is 0. The molecule has 29 heavy (non-hydrogen) atoms. The highest BCUT2D eigenvalue weighted by atomic mass is 16.3. The first kappa shape index (κ1) is 20.0. The molecule has 4 nitrogen and oxygen atoms in total. The average molecular weight is 393 g/mol. The Morgan fingerprint density at radius 3 is 2.79 bits per heavy atom. The number of phenolic OH excluding ortho intramolecular Hbond substituents is 1. The van der Waals surface area contributed by atoms with Gasteiger partial charge in [0.25, 0.3) is 0 Å². The highest BCUT2D eigenvalue weighted by Gasteiger charge is 2.48. The van der Waals surface area contributed by atoms with Crippen LogP contribution in [-0.4, -0.2) is 35.0 Å². The Morgan fingerprint density at radius 2 is 2.03 bits per heavy atom. The summed E-state index contributed by atoms with van der Waals surface area (Å²) in [4.78, 5) is 15.1. The molecule has 4 rings (SSSR count). The summed E-state index contributed by atoms with van der Waals surface area (Å²) in [5.74, 6) is 0.938. The van der Waals surface area contributed by atoms with Crippen LogP contribution in [0.15, 0.2) is 36.4 Å². The second kappa shape index (κ2) is 7.49. The Morgan fingerprint density at radius 1 is 1.24 bits per heavy atom. The zero-order chi connectivity index (χ0) is 20.8. The van der Waals surface area contributed by atoms with Crippen LogP contribution in [0.1, 0.15) is 48.9 Å². The highest BCUT2D eigenvalue weighted by molar-refractivity contribution is 5.91. The number of aryl methyl sites for hydroxylation is 2. The van der Waals surface area contributed by atoms with Gasteiger partial charge in [0.2, 0.25) is 5.91 Å². The standard InChI is InChI=1S/C25H32N2O2/c1-16-5-8-22(17(2)13-16)26-24(29)9-11-27-12-10-25(4)18(3)23(27)14-19-6-7-20(28)15-21(19)25/h5-8,13,15,18,23,28H,9-12,14H2,1-4H3,(H,26,29)/t18-,23+,25+/m0/s1. The number of anilines is 1. The Labute approximate surface area is 173 Å². The maximum absolute atomic E-state index is 12.6. The number of carbonyl (C=O) groups is 1. The molecule has 1 heterocycles. The maximum atomic E-state index is 12.6. The van der Waals surface area contributed by atoms with Crippen molar-refractivity contribution in [1.29, 1.82) is 0 Å². The van der Waals surface area contributed by atoms with E-state index in [-0.39, 0.29) is 11.3 Å². The Hall–Kier alpha value is -2.33. The smallest absolute Gasteiger partial charge is 0.225 e. The van der Waals surface area contributed by atoms with Crippen LogP contribution >= 0.6 is 0 Å². The number of fused-ring (bicyclic) bond motifs is 4. The van der Waals surface area contributed by atoms with Crippen LogP contribution in [-0.2, 0) is 16.6 Å². The molecule has 2 bridgehead atoms. The van der Waals surface area contributed by atoms with Crippen LogP contribution in [0, 0.1) is 19.8 Å². The third-order valence-electron chi connectivity index (χ3n) is 7.39. The number of piperidine rings is 1. The van der Waals surface area contributed by atoms with Crippen molar-refractivity contribution in [2.75, 3.05) is 18.4 Å². The van der Waals surface area contributed by atoms with Crippen LogP contribution in [0.4, 0.5) is 5.69 Å². The summed E-state index contributed by atoms with van der Waals surface area (Å²) in [5.41, 5.74) is 5.97. The Bertz CT molecular complexity index is 938. The van der Waals surface area contributed by atoms with Crippen LogP contribution < -0.4 is 5.32 Å². The van der Waals surface area contributed by atoms with Crippen molar-refractivity contribution in [2.24, 2.45) is 5.92 Å². The molecule has 1 saturated heterocycles. The van der Waals surface area contributed by atoms with Gasteiger partial charge in [0.1, 0.15) is 5.75 Å². The lowest BCUT2D eigenvalue weighted by Gasteiger charge is -2.54. The quantitative estimate of drug-likeness (QED) is 0.802. The van der Waals surface area contributed by atoms with E-state index in [0.717, 1.165) is 37.2 Å². The second-order valence-electron chi connectivity index (χ2n) is 9.22. The molecular weight excluding hydrogens is 360 g/mol. The van der Waals surface area contributed by atoms with Gasteiger partial charge in [-0.15, -0.1) is 0 Å². The largest absolute Gasteiger partial charge is 0.508 e. The summed E-state index contributed by atoms with van der Waals surface area (Å²) in [6, 6.07) is 12.4. The topological polar surface area (TPSA) is 52.6 Å². The fourth-order valence-electron chi connectivity index (χ4n) is 5.38. The first-order valence-electron chi connectivity index (χ1n) is 10.7. The first-order valence-corrected chi connectivity index (χ1v) is 10.7. The van der Waals surface area contributed by atoms with E-state index in [2.05, 4.69) is 43.1 Å². The highest BCUT2D eigenvalue weighted by Crippen LogP contribution is 2.49. The minimum Gasteiger partial charge on any atom is -0.508 e. The van der Waals surface area contributed by atoms with Gasteiger partial charge in [0, 0.05) is 24.7 Å². The van der Waals surface area contributed by atoms with Gasteiger partial charge < -0.3 is 10.4 Å². The molecule has 2 aromatic carbocycles. The van der Waals surface area contributed by atoms with Gasteiger partial charge in [-0.05, 0) is 79.5 Å². The minimum absolute atomic E-state index is 0.0825. The average Bonchev–Trinajstić information content (AvgIpc) is 2.67. The fraction of sp³-hybridized carbons (Fsp3) is 0.480. The molecule has 2 N–H and O–H groups in total. The number of hydrogen-bond acceptors (Lipinski definition) is 3. The zero-order valence-electron chi connectivity index (χ0n) is 18.0. The van der Waals surface area contributed by atoms with E-state index in [9.17, 15) is 9.90 Å². The third-order valence-corrected chi connectivity index (χ3v) is 7.39. The molecule has 2 aliphatic rings. The normalized spacial score (nSPS) is 26.1. The molecule has 1 fully saturated rings. The predicted molar refractivity (Wildman–Crippen MR) is 117 cm³/mol. The van der Waals surface area contributed by atoms with Crippen LogP contribution in [0.3, 0.4) is 0 Å². The summed E-state index contributed by atoms with van der Waals surface area (Å²) in [6.07, 6.45) is 2.56. The van der Waals surface area contributed by atoms with Crippen molar-refractivity contribution in [3.63, 3.8) is 0 Å². The van der Waals surface area contributed by atoms with Crippen LogP contribution in [0.2, 0.25) is 0 Å². The molecule has 0 saturated carbocycles. The summed E-state index contributed by atoms with van der Waals surface area (Å²) in [6.45, 7) is 10.6. The predicted octanol–water partition coefficient (Wildman–Crippen LogP) is 4.56. The van der Waals surface area contributed by atoms with Crippen molar-refractivity contribution in [3.05, 3.63) is 58.7 Å². The summed E-state index contributed by atoms with van der Waals surface area (Å²) in [7, 11) is 0. The number of nitrogens with one attached hydrogen (secondary N) is 1. The summed E-state index contributed by atoms with van der Waals surface area (Å²) in [5, 5.41) is 13.1. The van der Waals surface area contributed by atoms with E-state index in [4.69, 9.17) is 0 Å². The lowest BCUT2D eigenvalue weighted by molar-refractivity contribution is -0.117. The molecule has 0 unspecified atom stereocenters. The maximum Gasteiger partial charge on any atom is 0.225 e. The number of aromatic hydroxyl groups is 1. The number of hydrogen-bond donors (Lipinski definition) is 2. The van der Waals surface area contributed by atoms with Gasteiger partial charge in [-0.2, -0.15) is 0 Å². The zero-order valence-corrected chi connectivity index (χ0v) is 18.0.